The van der Waals surface area contributed by atoms with Crippen molar-refractivity contribution in [1.29, 1.82) is 0 Å². The van der Waals surface area contributed by atoms with Gasteiger partial charge in [0.25, 0.3) is 0 Å². The zero-order valence-electron chi connectivity index (χ0n) is 22.4. The largest absolute Gasteiger partial charge is 0.497 e. The van der Waals surface area contributed by atoms with Crippen LogP contribution in [0.25, 0.3) is 0 Å². The van der Waals surface area contributed by atoms with Gasteiger partial charge in [-0.05, 0) is 62.6 Å². The Morgan fingerprint density at radius 3 is 2.38 bits per heavy atom. The van der Waals surface area contributed by atoms with Crippen molar-refractivity contribution in [3.8, 4) is 17.2 Å². The van der Waals surface area contributed by atoms with Crippen molar-refractivity contribution < 1.29 is 23.8 Å². The van der Waals surface area contributed by atoms with Crippen molar-refractivity contribution in [2.45, 2.75) is 56.8 Å². The molecule has 1 saturated carbocycles. The summed E-state index contributed by atoms with van der Waals surface area (Å²) in [4.78, 5) is 38.6. The number of hydrogen-bond donors (Lipinski definition) is 1. The Morgan fingerprint density at radius 2 is 1.69 bits per heavy atom. The van der Waals surface area contributed by atoms with Crippen molar-refractivity contribution in [3.63, 3.8) is 0 Å². The van der Waals surface area contributed by atoms with Crippen LogP contribution in [-0.4, -0.2) is 51.9 Å². The highest BCUT2D eigenvalue weighted by molar-refractivity contribution is 7.99. The highest BCUT2D eigenvalue weighted by Crippen LogP contribution is 2.40. The first kappa shape index (κ1) is 26.8. The lowest BCUT2D eigenvalue weighted by atomic mass is 9.92. The second kappa shape index (κ2) is 11.5. The van der Waals surface area contributed by atoms with E-state index in [2.05, 4.69) is 15.3 Å². The van der Waals surface area contributed by atoms with E-state index in [9.17, 15) is 9.59 Å². The number of ether oxygens (including phenoxy) is 3. The number of amides is 2. The van der Waals surface area contributed by atoms with E-state index in [0.29, 0.717) is 41.7 Å². The smallest absolute Gasteiger partial charge is 0.250 e. The summed E-state index contributed by atoms with van der Waals surface area (Å²) in [6, 6.07) is 14.8. The van der Waals surface area contributed by atoms with Crippen LogP contribution in [0.3, 0.4) is 0 Å². The van der Waals surface area contributed by atoms with Crippen LogP contribution in [-0.2, 0) is 16.1 Å². The van der Waals surface area contributed by atoms with E-state index in [1.807, 2.05) is 44.2 Å². The number of carbonyl (C=O) groups is 2. The van der Waals surface area contributed by atoms with Gasteiger partial charge in [-0.25, -0.2) is 9.97 Å². The predicted octanol–water partition coefficient (Wildman–Crippen LogP) is 4.90. The molecule has 3 aromatic rings. The Labute approximate surface area is 232 Å². The summed E-state index contributed by atoms with van der Waals surface area (Å²) in [5, 5.41) is 3.61. The van der Waals surface area contributed by atoms with Gasteiger partial charge in [0.1, 0.15) is 11.3 Å². The molecule has 0 bridgehead atoms. The molecule has 1 aliphatic heterocycles. The third-order valence-electron chi connectivity index (χ3n) is 7.09. The first-order valence-corrected chi connectivity index (χ1v) is 13.9. The van der Waals surface area contributed by atoms with Gasteiger partial charge in [-0.2, -0.15) is 0 Å². The zero-order chi connectivity index (χ0) is 27.4. The number of methoxy groups -OCH3 is 1. The molecule has 5 rings (SSSR count). The second-order valence-electron chi connectivity index (χ2n) is 9.81. The predicted molar refractivity (Wildman–Crippen MR) is 148 cm³/mol. The van der Waals surface area contributed by atoms with Gasteiger partial charge < -0.3 is 24.4 Å². The third kappa shape index (κ3) is 5.95. The fourth-order valence-corrected chi connectivity index (χ4v) is 5.98. The minimum absolute atomic E-state index is 0.123. The number of hydrogen-bond acceptors (Lipinski definition) is 8. The molecule has 0 spiro atoms. The lowest BCUT2D eigenvalue weighted by Gasteiger charge is -2.40. The maximum Gasteiger partial charge on any atom is 0.250 e. The molecule has 10 heteroatoms. The Kier molecular flexibility index (Phi) is 7.92. The van der Waals surface area contributed by atoms with Crippen molar-refractivity contribution in [2.75, 3.05) is 25.0 Å². The summed E-state index contributed by atoms with van der Waals surface area (Å²) >= 11 is 1.29. The zero-order valence-corrected chi connectivity index (χ0v) is 23.2. The third-order valence-corrected chi connectivity index (χ3v) is 7.92. The minimum atomic E-state index is -0.989. The molecule has 2 heterocycles. The first-order valence-electron chi connectivity index (χ1n) is 13.0. The number of fused-ring (bicyclic) bond motifs is 1. The molecule has 2 aromatic carbocycles. The molecule has 2 amide bonds. The molecule has 0 radical (unpaired) electrons. The molecule has 9 nitrogen and oxygen atoms in total. The van der Waals surface area contributed by atoms with E-state index < -0.39 is 5.54 Å². The average molecular weight is 549 g/mol. The summed E-state index contributed by atoms with van der Waals surface area (Å²) in [6.45, 7) is 4.27. The van der Waals surface area contributed by atoms with Crippen molar-refractivity contribution >= 4 is 29.3 Å². The SMILES string of the molecule is COc1ccc(CN(C(=O)CSc2nc(C)cc(C)n2)C2(C(=O)Nc3ccc4c(c3)OCO4)CCCC2)cc1. The Hall–Kier alpha value is -3.79. The number of nitrogens with zero attached hydrogens (tertiary/aromatic N) is 3. The van der Waals surface area contributed by atoms with E-state index in [-0.39, 0.29) is 24.4 Å². The van der Waals surface area contributed by atoms with E-state index in [1.165, 1.54) is 11.8 Å². The topological polar surface area (TPSA) is 103 Å². The standard InChI is InChI=1S/C29H32N4O5S/c1-19-14-20(2)31-28(30-19)39-17-26(34)33(16-21-6-9-23(36-3)10-7-21)29(12-4-5-13-29)27(35)32-22-8-11-24-25(15-22)38-18-37-24/h6-11,14-15H,4-5,12-13,16-18H2,1-3H3,(H,32,35). The highest BCUT2D eigenvalue weighted by atomic mass is 32.2. The summed E-state index contributed by atoms with van der Waals surface area (Å²) in [5.41, 5.74) is 2.23. The Balaban J connectivity index is 1.42. The number of anilines is 1. The average Bonchev–Trinajstić information content (AvgIpc) is 3.60. The van der Waals surface area contributed by atoms with Crippen LogP contribution in [0.5, 0.6) is 17.2 Å². The van der Waals surface area contributed by atoms with E-state index >= 15 is 0 Å². The van der Waals surface area contributed by atoms with Crippen LogP contribution in [0.2, 0.25) is 0 Å². The van der Waals surface area contributed by atoms with Crippen LogP contribution < -0.4 is 19.5 Å². The molecule has 204 valence electrons. The van der Waals surface area contributed by atoms with Gasteiger partial charge in [0.2, 0.25) is 18.6 Å². The van der Waals surface area contributed by atoms with Crippen molar-refractivity contribution in [3.05, 3.63) is 65.5 Å². The summed E-state index contributed by atoms with van der Waals surface area (Å²) in [6.07, 6.45) is 2.87. The number of carbonyl (C=O) groups excluding carboxylic acids is 2. The number of benzene rings is 2. The fraction of sp³-hybridized carbons (Fsp3) is 0.379. The van der Waals surface area contributed by atoms with Crippen molar-refractivity contribution in [2.24, 2.45) is 0 Å². The lowest BCUT2D eigenvalue weighted by molar-refractivity contribution is -0.144. The summed E-state index contributed by atoms with van der Waals surface area (Å²) in [7, 11) is 1.62. The molecule has 1 aromatic heterocycles. The molecule has 0 unspecified atom stereocenters. The van der Waals surface area contributed by atoms with Gasteiger partial charge >= 0.3 is 0 Å². The molecule has 2 aliphatic rings. The van der Waals surface area contributed by atoms with Crippen LogP contribution in [0.4, 0.5) is 5.69 Å². The number of aryl methyl sites for hydroxylation is 2. The molecule has 0 saturated heterocycles. The van der Waals surface area contributed by atoms with Crippen LogP contribution >= 0.6 is 11.8 Å². The molecule has 0 atom stereocenters. The molecule has 1 fully saturated rings. The van der Waals surface area contributed by atoms with Gasteiger partial charge in [0.05, 0.1) is 12.9 Å². The van der Waals surface area contributed by atoms with Crippen LogP contribution in [0.1, 0.15) is 42.6 Å². The van der Waals surface area contributed by atoms with E-state index in [4.69, 9.17) is 14.2 Å². The number of rotatable bonds is 9. The van der Waals surface area contributed by atoms with Gasteiger partial charge in [-0.1, -0.05) is 36.7 Å². The molecule has 1 aliphatic carbocycles. The maximum absolute atomic E-state index is 14.0. The number of nitrogens with one attached hydrogen (secondary N) is 1. The first-order chi connectivity index (χ1) is 18.9. The second-order valence-corrected chi connectivity index (χ2v) is 10.8. The van der Waals surface area contributed by atoms with E-state index in [0.717, 1.165) is 35.5 Å². The molecular weight excluding hydrogens is 516 g/mol. The lowest BCUT2D eigenvalue weighted by Crippen LogP contribution is -2.57. The highest BCUT2D eigenvalue weighted by Gasteiger charge is 2.48. The molecule has 39 heavy (non-hydrogen) atoms. The van der Waals surface area contributed by atoms with E-state index in [1.54, 1.807) is 30.2 Å². The Bertz CT molecular complexity index is 1340. The summed E-state index contributed by atoms with van der Waals surface area (Å²) in [5.74, 6) is 1.75. The molecular formula is C29H32N4O5S. The maximum atomic E-state index is 14.0. The Morgan fingerprint density at radius 1 is 1.00 bits per heavy atom. The number of aromatic nitrogens is 2. The van der Waals surface area contributed by atoms with Gasteiger partial charge in [-0.15, -0.1) is 0 Å². The summed E-state index contributed by atoms with van der Waals surface area (Å²) < 4.78 is 16.2. The minimum Gasteiger partial charge on any atom is -0.497 e. The van der Waals surface area contributed by atoms with Gasteiger partial charge in [0, 0.05) is 29.7 Å². The van der Waals surface area contributed by atoms with Gasteiger partial charge in [0.15, 0.2) is 16.7 Å². The van der Waals surface area contributed by atoms with Crippen LogP contribution in [0.15, 0.2) is 53.7 Å². The molecule has 1 N–H and O–H groups in total. The fourth-order valence-electron chi connectivity index (χ4n) is 5.16. The quantitative estimate of drug-likeness (QED) is 0.298. The normalized spacial score (nSPS) is 15.2. The van der Waals surface area contributed by atoms with Crippen LogP contribution in [0, 0.1) is 13.8 Å². The van der Waals surface area contributed by atoms with Gasteiger partial charge in [-0.3, -0.25) is 9.59 Å². The number of thioether (sulfide) groups is 1. The van der Waals surface area contributed by atoms with Crippen molar-refractivity contribution in [1.82, 2.24) is 14.9 Å². The monoisotopic (exact) mass is 548 g/mol.